The van der Waals surface area contributed by atoms with Crippen LogP contribution in [0.15, 0.2) is 102 Å². The first-order valence-corrected chi connectivity index (χ1v) is 12.5. The number of hydrogen-bond donors (Lipinski definition) is 3. The molecular weight excluding hydrogens is 497 g/mol. The van der Waals surface area contributed by atoms with E-state index in [0.717, 1.165) is 11.1 Å². The minimum absolute atomic E-state index is 0.196. The molecule has 3 aromatic carbocycles. The van der Waals surface area contributed by atoms with Crippen LogP contribution in [-0.2, 0) is 9.53 Å². The van der Waals surface area contributed by atoms with Crippen molar-refractivity contribution >= 4 is 17.7 Å². The molecule has 0 aliphatic rings. The number of aromatic amines is 1. The van der Waals surface area contributed by atoms with Crippen molar-refractivity contribution in [2.75, 3.05) is 5.32 Å². The minimum Gasteiger partial charge on any atom is -0.444 e. The smallest absolute Gasteiger partial charge is 0.408 e. The molecule has 0 saturated carbocycles. The van der Waals surface area contributed by atoms with E-state index in [1.54, 1.807) is 32.9 Å². The lowest BCUT2D eigenvalue weighted by atomic mass is 9.84. The highest BCUT2D eigenvalue weighted by Gasteiger charge is 2.34. The monoisotopic (exact) mass is 527 g/mol. The van der Waals surface area contributed by atoms with E-state index < -0.39 is 35.4 Å². The van der Waals surface area contributed by atoms with Crippen molar-refractivity contribution < 1.29 is 18.7 Å². The number of alkyl carbamates (subject to hydrolysis) is 1. The van der Waals surface area contributed by atoms with Gasteiger partial charge >= 0.3 is 6.09 Å². The second-order valence-electron chi connectivity index (χ2n) is 10.0. The van der Waals surface area contributed by atoms with Crippen LogP contribution in [0.5, 0.6) is 0 Å². The second-order valence-corrected chi connectivity index (χ2v) is 10.0. The fourth-order valence-electron chi connectivity index (χ4n) is 4.29. The predicted molar refractivity (Wildman–Crippen MR) is 149 cm³/mol. The molecule has 2 amide bonds. The van der Waals surface area contributed by atoms with Crippen molar-refractivity contribution in [2.24, 2.45) is 0 Å². The lowest BCUT2D eigenvalue weighted by Gasteiger charge is -2.29. The molecule has 0 fully saturated rings. The first-order valence-electron chi connectivity index (χ1n) is 12.5. The largest absolute Gasteiger partial charge is 0.444 e. The van der Waals surface area contributed by atoms with Crippen molar-refractivity contribution in [1.29, 1.82) is 0 Å². The molecule has 0 radical (unpaired) electrons. The van der Waals surface area contributed by atoms with E-state index in [2.05, 4.69) is 15.6 Å². The van der Waals surface area contributed by atoms with Gasteiger partial charge in [-0.1, -0.05) is 60.7 Å². The Kier molecular flexibility index (Phi) is 8.24. The maximum absolute atomic E-state index is 15.1. The number of ether oxygens (including phenoxy) is 1. The number of anilines is 1. The van der Waals surface area contributed by atoms with Crippen LogP contribution in [0.2, 0.25) is 0 Å². The third-order valence-corrected chi connectivity index (χ3v) is 5.93. The summed E-state index contributed by atoms with van der Waals surface area (Å²) in [5, 5.41) is 5.49. The third-order valence-electron chi connectivity index (χ3n) is 5.93. The molecule has 7 nitrogen and oxygen atoms in total. The van der Waals surface area contributed by atoms with Gasteiger partial charge in [0.1, 0.15) is 17.5 Å². The van der Waals surface area contributed by atoms with Crippen LogP contribution in [0.25, 0.3) is 11.1 Å². The lowest BCUT2D eigenvalue weighted by molar-refractivity contribution is -0.118. The number of hydrogen-bond acceptors (Lipinski definition) is 4. The first-order chi connectivity index (χ1) is 18.6. The van der Waals surface area contributed by atoms with E-state index in [0.29, 0.717) is 5.56 Å². The van der Waals surface area contributed by atoms with E-state index in [-0.39, 0.29) is 16.8 Å². The fraction of sp³-hybridized carbons (Fsp3) is 0.194. The Hall–Kier alpha value is -4.72. The normalized spacial score (nSPS) is 12.0. The van der Waals surface area contributed by atoms with Gasteiger partial charge in [-0.15, -0.1) is 0 Å². The summed E-state index contributed by atoms with van der Waals surface area (Å²) in [6, 6.07) is 24.7. The highest BCUT2D eigenvalue weighted by molar-refractivity contribution is 5.98. The van der Waals surface area contributed by atoms with Crippen molar-refractivity contribution in [1.82, 2.24) is 10.3 Å². The van der Waals surface area contributed by atoms with Crippen LogP contribution in [0, 0.1) is 5.82 Å². The summed E-state index contributed by atoms with van der Waals surface area (Å²) >= 11 is 0. The van der Waals surface area contributed by atoms with Crippen LogP contribution in [-0.4, -0.2) is 28.6 Å². The van der Waals surface area contributed by atoms with Gasteiger partial charge < -0.3 is 20.4 Å². The molecule has 8 heteroatoms. The second kappa shape index (κ2) is 11.8. The van der Waals surface area contributed by atoms with Crippen LogP contribution < -0.4 is 16.2 Å². The van der Waals surface area contributed by atoms with Crippen molar-refractivity contribution in [3.05, 3.63) is 124 Å². The van der Waals surface area contributed by atoms with Gasteiger partial charge in [-0.25, -0.2) is 9.18 Å². The number of rotatable bonds is 7. The van der Waals surface area contributed by atoms with Gasteiger partial charge in [0.25, 0.3) is 0 Å². The molecule has 4 rings (SSSR count). The molecule has 1 aromatic heterocycles. The summed E-state index contributed by atoms with van der Waals surface area (Å²) in [6.07, 6.45) is 0.683. The van der Waals surface area contributed by atoms with Gasteiger partial charge in [-0.3, -0.25) is 9.59 Å². The van der Waals surface area contributed by atoms with E-state index in [9.17, 15) is 14.4 Å². The number of aromatic nitrogens is 1. The highest BCUT2D eigenvalue weighted by Crippen LogP contribution is 2.30. The topological polar surface area (TPSA) is 100 Å². The van der Waals surface area contributed by atoms with Gasteiger partial charge in [0.15, 0.2) is 0 Å². The number of nitrogens with one attached hydrogen (secondary N) is 3. The molecule has 0 aliphatic carbocycles. The Morgan fingerprint density at radius 1 is 0.872 bits per heavy atom. The number of carbonyl (C=O) groups excluding carboxylic acids is 2. The van der Waals surface area contributed by atoms with E-state index in [1.165, 1.54) is 24.4 Å². The summed E-state index contributed by atoms with van der Waals surface area (Å²) in [5.74, 6) is -1.74. The molecule has 200 valence electrons. The summed E-state index contributed by atoms with van der Waals surface area (Å²) in [7, 11) is 0. The third kappa shape index (κ3) is 7.19. The SMILES string of the molecule is CC(C)(C)OC(=O)N[C@H](C(=O)Nc1ccc(-c2cc[nH]c(=O)c2)c(F)c1)C(c1ccccc1)c1ccccc1. The predicted octanol–water partition coefficient (Wildman–Crippen LogP) is 5.84. The summed E-state index contributed by atoms with van der Waals surface area (Å²) in [5.41, 5.74) is 1.29. The van der Waals surface area contributed by atoms with Crippen molar-refractivity contribution in [3.8, 4) is 11.1 Å². The van der Waals surface area contributed by atoms with E-state index in [1.807, 2.05) is 60.7 Å². The maximum atomic E-state index is 15.1. The van der Waals surface area contributed by atoms with E-state index >= 15 is 4.39 Å². The van der Waals surface area contributed by atoms with Gasteiger partial charge in [0, 0.05) is 29.4 Å². The average Bonchev–Trinajstić information content (AvgIpc) is 2.88. The van der Waals surface area contributed by atoms with Crippen LogP contribution >= 0.6 is 0 Å². The number of H-pyrrole nitrogens is 1. The first kappa shape index (κ1) is 27.3. The van der Waals surface area contributed by atoms with Gasteiger partial charge in [0.2, 0.25) is 11.5 Å². The molecule has 0 unspecified atom stereocenters. The zero-order valence-corrected chi connectivity index (χ0v) is 21.9. The molecule has 39 heavy (non-hydrogen) atoms. The fourth-order valence-corrected chi connectivity index (χ4v) is 4.29. The Balaban J connectivity index is 1.69. The standard InChI is InChI=1S/C31H30FN3O4/c1-31(2,3)39-30(38)35-28(27(20-10-6-4-7-11-20)21-12-8-5-9-13-21)29(37)34-23-14-15-24(25(32)19-23)22-16-17-33-26(36)18-22/h4-19,27-28H,1-3H3,(H,33,36)(H,34,37)(H,35,38)/t28-/m0/s1. The molecule has 0 saturated heterocycles. The molecule has 0 bridgehead atoms. The molecule has 0 aliphatic heterocycles. The van der Waals surface area contributed by atoms with E-state index in [4.69, 9.17) is 4.74 Å². The van der Waals surface area contributed by atoms with Gasteiger partial charge in [-0.2, -0.15) is 0 Å². The Morgan fingerprint density at radius 3 is 2.03 bits per heavy atom. The molecule has 3 N–H and O–H groups in total. The minimum atomic E-state index is -1.10. The summed E-state index contributed by atoms with van der Waals surface area (Å²) in [4.78, 5) is 40.8. The molecular formula is C31H30FN3O4. The zero-order valence-electron chi connectivity index (χ0n) is 21.9. The van der Waals surface area contributed by atoms with Crippen LogP contribution in [0.3, 0.4) is 0 Å². The van der Waals surface area contributed by atoms with Crippen molar-refractivity contribution in [2.45, 2.75) is 38.3 Å². The number of benzene rings is 3. The highest BCUT2D eigenvalue weighted by atomic mass is 19.1. The van der Waals surface area contributed by atoms with Gasteiger partial charge in [-0.05, 0) is 61.7 Å². The number of carbonyl (C=O) groups is 2. The number of halogens is 1. The molecule has 4 aromatic rings. The number of amides is 2. The number of pyridine rings is 1. The maximum Gasteiger partial charge on any atom is 0.408 e. The quantitative estimate of drug-likeness (QED) is 0.281. The zero-order chi connectivity index (χ0) is 28.0. The van der Waals surface area contributed by atoms with Crippen LogP contribution in [0.1, 0.15) is 37.8 Å². The lowest BCUT2D eigenvalue weighted by Crippen LogP contribution is -2.49. The van der Waals surface area contributed by atoms with Gasteiger partial charge in [0.05, 0.1) is 0 Å². The summed E-state index contributed by atoms with van der Waals surface area (Å²) < 4.78 is 20.5. The Labute approximate surface area is 226 Å². The Bertz CT molecular complexity index is 1460. The van der Waals surface area contributed by atoms with Crippen molar-refractivity contribution in [3.63, 3.8) is 0 Å². The summed E-state index contributed by atoms with van der Waals surface area (Å²) in [6.45, 7) is 5.20. The molecule has 1 atom stereocenters. The molecule has 0 spiro atoms. The Morgan fingerprint density at radius 2 is 1.49 bits per heavy atom. The molecule has 1 heterocycles. The van der Waals surface area contributed by atoms with Crippen LogP contribution in [0.4, 0.5) is 14.9 Å². The average molecular weight is 528 g/mol.